The molecular weight excluding hydrogens is 450 g/mol. The fourth-order valence-corrected chi connectivity index (χ4v) is 6.34. The average Bonchev–Trinajstić information content (AvgIpc) is 3.43. The molecule has 3 aromatic rings. The molecule has 0 radical (unpaired) electrons. The zero-order chi connectivity index (χ0) is 24.6. The molecule has 36 heavy (non-hydrogen) atoms. The van der Waals surface area contributed by atoms with Crippen LogP contribution in [0.3, 0.4) is 0 Å². The summed E-state index contributed by atoms with van der Waals surface area (Å²) < 4.78 is 0. The third-order valence-corrected chi connectivity index (χ3v) is 8.38. The van der Waals surface area contributed by atoms with Crippen LogP contribution >= 0.6 is 0 Å². The van der Waals surface area contributed by atoms with Crippen LogP contribution in [-0.2, 0) is 17.8 Å². The van der Waals surface area contributed by atoms with Crippen LogP contribution in [0.1, 0.15) is 47.2 Å². The molecule has 2 fully saturated rings. The number of likely N-dealkylation sites (tertiary alicyclic amines) is 2. The number of hydrogen-bond donors (Lipinski definition) is 1. The van der Waals surface area contributed by atoms with Crippen LogP contribution in [0.15, 0.2) is 60.7 Å². The number of carbonyl (C=O) groups is 2. The number of piperidine rings is 1. The quantitative estimate of drug-likeness (QED) is 0.607. The van der Waals surface area contributed by atoms with Crippen molar-refractivity contribution in [3.8, 4) is 5.75 Å². The van der Waals surface area contributed by atoms with E-state index in [0.29, 0.717) is 24.4 Å². The fraction of sp³-hybridized carbons (Fsp3) is 0.400. The van der Waals surface area contributed by atoms with Gasteiger partial charge < -0.3 is 14.9 Å². The van der Waals surface area contributed by atoms with Crippen LogP contribution in [0.25, 0.3) is 10.8 Å². The van der Waals surface area contributed by atoms with Gasteiger partial charge in [-0.15, -0.1) is 0 Å². The lowest BCUT2D eigenvalue weighted by Crippen LogP contribution is -2.53. The molecule has 0 aromatic heterocycles. The Morgan fingerprint density at radius 3 is 2.39 bits per heavy atom. The SMILES string of the molecule is O=C(C1CCCN1C(=O)c1ccc2ccccc2c1O)N1CCC(N2CCc3ccccc3C2)CC1. The van der Waals surface area contributed by atoms with E-state index >= 15 is 0 Å². The van der Waals surface area contributed by atoms with Crippen molar-refractivity contribution in [3.63, 3.8) is 0 Å². The van der Waals surface area contributed by atoms with Crippen molar-refractivity contribution in [1.29, 1.82) is 0 Å². The number of hydrogen-bond acceptors (Lipinski definition) is 4. The van der Waals surface area contributed by atoms with Gasteiger partial charge in [-0.05, 0) is 54.7 Å². The molecule has 2 amide bonds. The number of nitrogens with zero attached hydrogens (tertiary/aromatic N) is 3. The molecule has 1 atom stereocenters. The lowest BCUT2D eigenvalue weighted by atomic mass is 9.95. The van der Waals surface area contributed by atoms with Crippen LogP contribution in [0, 0.1) is 0 Å². The van der Waals surface area contributed by atoms with Crippen molar-refractivity contribution >= 4 is 22.6 Å². The fourth-order valence-electron chi connectivity index (χ4n) is 6.34. The summed E-state index contributed by atoms with van der Waals surface area (Å²) in [4.78, 5) is 33.2. The van der Waals surface area contributed by atoms with Gasteiger partial charge >= 0.3 is 0 Å². The Kier molecular flexibility index (Phi) is 6.13. The molecule has 0 saturated carbocycles. The lowest BCUT2D eigenvalue weighted by molar-refractivity contribution is -0.137. The van der Waals surface area contributed by atoms with Gasteiger partial charge in [0.05, 0.1) is 5.56 Å². The summed E-state index contributed by atoms with van der Waals surface area (Å²) in [5.74, 6) is -0.195. The average molecular weight is 484 g/mol. The van der Waals surface area contributed by atoms with Gasteiger partial charge in [0.2, 0.25) is 5.91 Å². The van der Waals surface area contributed by atoms with Crippen molar-refractivity contribution < 1.29 is 14.7 Å². The zero-order valence-corrected chi connectivity index (χ0v) is 20.6. The van der Waals surface area contributed by atoms with Crippen LogP contribution < -0.4 is 0 Å². The highest BCUT2D eigenvalue weighted by Crippen LogP contribution is 2.32. The number of aromatic hydroxyl groups is 1. The largest absolute Gasteiger partial charge is 0.506 e. The second-order valence-corrected chi connectivity index (χ2v) is 10.4. The summed E-state index contributed by atoms with van der Waals surface area (Å²) in [5, 5.41) is 12.4. The van der Waals surface area contributed by atoms with Gasteiger partial charge in [-0.2, -0.15) is 0 Å². The number of carbonyl (C=O) groups excluding carboxylic acids is 2. The van der Waals surface area contributed by atoms with Crippen molar-refractivity contribution in [1.82, 2.24) is 14.7 Å². The van der Waals surface area contributed by atoms with Gasteiger partial charge in [0.1, 0.15) is 11.8 Å². The van der Waals surface area contributed by atoms with E-state index in [4.69, 9.17) is 0 Å². The molecule has 3 aromatic carbocycles. The lowest BCUT2D eigenvalue weighted by Gasteiger charge is -2.41. The summed E-state index contributed by atoms with van der Waals surface area (Å²) in [6.07, 6.45) is 4.53. The smallest absolute Gasteiger partial charge is 0.258 e. The molecule has 186 valence electrons. The first-order valence-electron chi connectivity index (χ1n) is 13.2. The van der Waals surface area contributed by atoms with Crippen LogP contribution in [0.4, 0.5) is 0 Å². The standard InChI is InChI=1S/C30H33N3O3/c34-28-25-9-4-3-7-22(25)11-12-26(28)29(35)33-16-5-10-27(33)30(36)31-18-14-24(15-19-31)32-17-13-21-6-1-2-8-23(21)20-32/h1-4,6-9,11-12,24,27,34H,5,10,13-20H2. The Bertz CT molecular complexity index is 1300. The van der Waals surface area contributed by atoms with Gasteiger partial charge in [-0.1, -0.05) is 54.6 Å². The predicted octanol–water partition coefficient (Wildman–Crippen LogP) is 4.20. The number of phenolic OH excluding ortho intramolecular Hbond substituents is 1. The normalized spacial score (nSPS) is 21.1. The van der Waals surface area contributed by atoms with Crippen LogP contribution in [0.5, 0.6) is 5.75 Å². The summed E-state index contributed by atoms with van der Waals surface area (Å²) in [5.41, 5.74) is 3.17. The maximum atomic E-state index is 13.5. The minimum absolute atomic E-state index is 0.000110. The van der Waals surface area contributed by atoms with Crippen LogP contribution in [-0.4, -0.2) is 69.9 Å². The minimum Gasteiger partial charge on any atom is -0.506 e. The third kappa shape index (κ3) is 4.13. The van der Waals surface area contributed by atoms with E-state index in [1.807, 2.05) is 35.2 Å². The Balaban J connectivity index is 1.11. The molecule has 3 heterocycles. The summed E-state index contributed by atoms with van der Waals surface area (Å²) in [7, 11) is 0. The Morgan fingerprint density at radius 2 is 1.56 bits per heavy atom. The summed E-state index contributed by atoms with van der Waals surface area (Å²) in [6, 6.07) is 19.8. The third-order valence-electron chi connectivity index (χ3n) is 8.38. The molecule has 2 saturated heterocycles. The monoisotopic (exact) mass is 483 g/mol. The van der Waals surface area contributed by atoms with E-state index in [1.165, 1.54) is 11.1 Å². The molecule has 6 heteroatoms. The topological polar surface area (TPSA) is 64.1 Å². The number of phenols is 1. The summed E-state index contributed by atoms with van der Waals surface area (Å²) >= 11 is 0. The van der Waals surface area contributed by atoms with Gasteiger partial charge in [-0.25, -0.2) is 0 Å². The molecule has 0 spiro atoms. The molecule has 6 rings (SSSR count). The first kappa shape index (κ1) is 23.0. The van der Waals surface area contributed by atoms with E-state index < -0.39 is 6.04 Å². The Morgan fingerprint density at radius 1 is 0.806 bits per heavy atom. The highest BCUT2D eigenvalue weighted by Gasteiger charge is 2.39. The molecule has 3 aliphatic rings. The first-order chi connectivity index (χ1) is 17.6. The minimum atomic E-state index is -0.443. The van der Waals surface area contributed by atoms with E-state index in [2.05, 4.69) is 29.2 Å². The molecule has 6 nitrogen and oxygen atoms in total. The van der Waals surface area contributed by atoms with Gasteiger partial charge in [-0.3, -0.25) is 14.5 Å². The number of amides is 2. The predicted molar refractivity (Wildman–Crippen MR) is 140 cm³/mol. The molecule has 0 bridgehead atoms. The zero-order valence-electron chi connectivity index (χ0n) is 20.6. The molecule has 3 aliphatic heterocycles. The van der Waals surface area contributed by atoms with Crippen molar-refractivity contribution in [2.24, 2.45) is 0 Å². The number of rotatable bonds is 3. The first-order valence-corrected chi connectivity index (χ1v) is 13.2. The second-order valence-electron chi connectivity index (χ2n) is 10.4. The number of benzene rings is 3. The van der Waals surface area contributed by atoms with Crippen molar-refractivity contribution in [2.75, 3.05) is 26.2 Å². The second kappa shape index (κ2) is 9.58. The van der Waals surface area contributed by atoms with E-state index in [0.717, 1.165) is 57.2 Å². The highest BCUT2D eigenvalue weighted by atomic mass is 16.3. The van der Waals surface area contributed by atoms with Gasteiger partial charge in [0.25, 0.3) is 5.91 Å². The van der Waals surface area contributed by atoms with E-state index in [1.54, 1.807) is 11.0 Å². The molecular formula is C30H33N3O3. The Hall–Kier alpha value is -3.38. The number of fused-ring (bicyclic) bond motifs is 2. The van der Waals surface area contributed by atoms with Crippen molar-refractivity contribution in [2.45, 2.75) is 50.7 Å². The van der Waals surface area contributed by atoms with Crippen LogP contribution in [0.2, 0.25) is 0 Å². The van der Waals surface area contributed by atoms with Crippen molar-refractivity contribution in [3.05, 3.63) is 77.4 Å². The maximum absolute atomic E-state index is 13.5. The highest BCUT2D eigenvalue weighted by molar-refractivity contribution is 6.05. The van der Waals surface area contributed by atoms with Gasteiger partial charge in [0.15, 0.2) is 0 Å². The van der Waals surface area contributed by atoms with E-state index in [9.17, 15) is 14.7 Å². The molecule has 0 aliphatic carbocycles. The molecule has 1 N–H and O–H groups in total. The Labute approximate surface area is 212 Å². The molecule has 1 unspecified atom stereocenters. The van der Waals surface area contributed by atoms with E-state index in [-0.39, 0.29) is 23.1 Å². The summed E-state index contributed by atoms with van der Waals surface area (Å²) in [6.45, 7) is 4.10. The maximum Gasteiger partial charge on any atom is 0.258 e. The van der Waals surface area contributed by atoms with Gasteiger partial charge in [0, 0.05) is 44.2 Å².